The molecule has 0 unspecified atom stereocenters. The Hall–Kier alpha value is -2.48. The van der Waals surface area contributed by atoms with Crippen LogP contribution in [-0.4, -0.2) is 60.0 Å². The molecule has 2 aromatic heterocycles. The molecule has 0 atom stereocenters. The number of carbonyl (C=O) groups excluding carboxylic acids is 1. The van der Waals surface area contributed by atoms with E-state index in [9.17, 15) is 4.79 Å². The van der Waals surface area contributed by atoms with Crippen LogP contribution in [0.25, 0.3) is 16.3 Å². The molecule has 0 bridgehead atoms. The Balaban J connectivity index is 1.52. The molecule has 0 radical (unpaired) electrons. The Morgan fingerprint density at radius 1 is 1.15 bits per heavy atom. The number of para-hydroxylation sites is 1. The molecule has 1 aliphatic heterocycles. The first-order chi connectivity index (χ1) is 13.3. The van der Waals surface area contributed by atoms with Gasteiger partial charge in [-0.25, -0.2) is 4.68 Å². The van der Waals surface area contributed by atoms with Gasteiger partial charge in [0.05, 0.1) is 23.8 Å². The van der Waals surface area contributed by atoms with Crippen LogP contribution in [-0.2, 0) is 4.74 Å². The van der Waals surface area contributed by atoms with Crippen molar-refractivity contribution in [3.8, 4) is 16.3 Å². The van der Waals surface area contributed by atoms with E-state index >= 15 is 0 Å². The Morgan fingerprint density at radius 3 is 2.70 bits per heavy atom. The molecule has 1 saturated heterocycles. The van der Waals surface area contributed by atoms with Crippen molar-refractivity contribution < 1.29 is 9.53 Å². The number of thiophene rings is 1. The SMILES string of the molecule is O=C(NCCN1CCOCC1)c1cc(-c2cccs2)nn1-c1ccccc1. The zero-order valence-electron chi connectivity index (χ0n) is 15.0. The number of aromatic nitrogens is 2. The fourth-order valence-corrected chi connectivity index (χ4v) is 3.78. The van der Waals surface area contributed by atoms with Gasteiger partial charge in [0.1, 0.15) is 11.4 Å². The molecule has 6 nitrogen and oxygen atoms in total. The summed E-state index contributed by atoms with van der Waals surface area (Å²) in [5.74, 6) is -0.109. The van der Waals surface area contributed by atoms with Crippen LogP contribution >= 0.6 is 11.3 Å². The van der Waals surface area contributed by atoms with Gasteiger partial charge in [0.15, 0.2) is 0 Å². The first-order valence-corrected chi connectivity index (χ1v) is 9.97. The van der Waals surface area contributed by atoms with E-state index in [0.29, 0.717) is 12.2 Å². The molecule has 3 heterocycles. The van der Waals surface area contributed by atoms with Crippen LogP contribution in [0.15, 0.2) is 53.9 Å². The lowest BCUT2D eigenvalue weighted by molar-refractivity contribution is 0.0383. The van der Waals surface area contributed by atoms with Gasteiger partial charge in [-0.3, -0.25) is 9.69 Å². The molecular weight excluding hydrogens is 360 g/mol. The van der Waals surface area contributed by atoms with E-state index in [-0.39, 0.29) is 5.91 Å². The van der Waals surface area contributed by atoms with Crippen LogP contribution in [0.3, 0.4) is 0 Å². The first kappa shape index (κ1) is 17.9. The lowest BCUT2D eigenvalue weighted by Crippen LogP contribution is -2.41. The minimum absolute atomic E-state index is 0.109. The standard InChI is InChI=1S/C20H22N4O2S/c25-20(21-8-9-23-10-12-26-13-11-23)18-15-17(19-7-4-14-27-19)22-24(18)16-5-2-1-3-6-16/h1-7,14-15H,8-13H2,(H,21,25). The average molecular weight is 382 g/mol. The minimum Gasteiger partial charge on any atom is -0.379 e. The fourth-order valence-electron chi connectivity index (χ4n) is 3.10. The van der Waals surface area contributed by atoms with Crippen molar-refractivity contribution in [2.75, 3.05) is 39.4 Å². The summed E-state index contributed by atoms with van der Waals surface area (Å²) in [6.45, 7) is 4.79. The number of ether oxygens (including phenoxy) is 1. The Labute approximate surface area is 162 Å². The number of hydrogen-bond donors (Lipinski definition) is 1. The molecular formula is C20H22N4O2S. The van der Waals surface area contributed by atoms with Gasteiger partial charge in [0.25, 0.3) is 5.91 Å². The second-order valence-corrected chi connectivity index (χ2v) is 7.30. The van der Waals surface area contributed by atoms with E-state index in [0.717, 1.165) is 49.1 Å². The number of hydrogen-bond acceptors (Lipinski definition) is 5. The Morgan fingerprint density at radius 2 is 1.96 bits per heavy atom. The number of amides is 1. The van der Waals surface area contributed by atoms with E-state index in [1.807, 2.05) is 53.9 Å². The maximum absolute atomic E-state index is 12.9. The molecule has 3 aromatic rings. The van der Waals surface area contributed by atoms with E-state index in [4.69, 9.17) is 4.74 Å². The zero-order chi connectivity index (χ0) is 18.5. The predicted molar refractivity (Wildman–Crippen MR) is 106 cm³/mol. The van der Waals surface area contributed by atoms with Crippen molar-refractivity contribution >= 4 is 17.2 Å². The number of nitrogens with one attached hydrogen (secondary N) is 1. The third kappa shape index (κ3) is 4.27. The third-order valence-corrected chi connectivity index (χ3v) is 5.43. The van der Waals surface area contributed by atoms with Gasteiger partial charge in [0, 0.05) is 26.2 Å². The summed E-state index contributed by atoms with van der Waals surface area (Å²) in [6.07, 6.45) is 0. The maximum atomic E-state index is 12.9. The second kappa shape index (κ2) is 8.47. The summed E-state index contributed by atoms with van der Waals surface area (Å²) in [7, 11) is 0. The van der Waals surface area contributed by atoms with Gasteiger partial charge in [0.2, 0.25) is 0 Å². The molecule has 7 heteroatoms. The van der Waals surface area contributed by atoms with Crippen molar-refractivity contribution in [1.29, 1.82) is 0 Å². The molecule has 27 heavy (non-hydrogen) atoms. The lowest BCUT2D eigenvalue weighted by Gasteiger charge is -2.26. The van der Waals surface area contributed by atoms with Gasteiger partial charge in [-0.15, -0.1) is 11.3 Å². The normalized spacial score (nSPS) is 15.0. The highest BCUT2D eigenvalue weighted by Crippen LogP contribution is 2.25. The highest BCUT2D eigenvalue weighted by atomic mass is 32.1. The van der Waals surface area contributed by atoms with E-state index in [2.05, 4.69) is 15.3 Å². The molecule has 4 rings (SSSR count). The molecule has 1 aromatic carbocycles. The van der Waals surface area contributed by atoms with Crippen molar-refractivity contribution in [3.63, 3.8) is 0 Å². The smallest absolute Gasteiger partial charge is 0.270 e. The Bertz CT molecular complexity index is 871. The zero-order valence-corrected chi connectivity index (χ0v) is 15.8. The first-order valence-electron chi connectivity index (χ1n) is 9.09. The molecule has 0 aliphatic carbocycles. The number of carbonyl (C=O) groups is 1. The van der Waals surface area contributed by atoms with E-state index in [1.54, 1.807) is 16.0 Å². The minimum atomic E-state index is -0.109. The largest absolute Gasteiger partial charge is 0.379 e. The second-order valence-electron chi connectivity index (χ2n) is 6.35. The lowest BCUT2D eigenvalue weighted by atomic mass is 10.3. The number of nitrogens with zero attached hydrogens (tertiary/aromatic N) is 3. The van der Waals surface area contributed by atoms with Gasteiger partial charge < -0.3 is 10.1 Å². The summed E-state index contributed by atoms with van der Waals surface area (Å²) in [5, 5.41) is 9.73. The Kier molecular flexibility index (Phi) is 5.62. The molecule has 1 amide bonds. The van der Waals surface area contributed by atoms with Gasteiger partial charge >= 0.3 is 0 Å². The summed E-state index contributed by atoms with van der Waals surface area (Å²) in [4.78, 5) is 16.2. The highest BCUT2D eigenvalue weighted by molar-refractivity contribution is 7.13. The van der Waals surface area contributed by atoms with Crippen LogP contribution in [0.5, 0.6) is 0 Å². The quantitative estimate of drug-likeness (QED) is 0.712. The number of morpholine rings is 1. The molecule has 0 saturated carbocycles. The number of benzene rings is 1. The van der Waals surface area contributed by atoms with Crippen LogP contribution in [0, 0.1) is 0 Å². The molecule has 1 aliphatic rings. The average Bonchev–Trinajstić information content (AvgIpc) is 3.39. The summed E-state index contributed by atoms with van der Waals surface area (Å²) < 4.78 is 7.08. The number of rotatable bonds is 6. The summed E-state index contributed by atoms with van der Waals surface area (Å²) in [6, 6.07) is 15.6. The maximum Gasteiger partial charge on any atom is 0.270 e. The highest BCUT2D eigenvalue weighted by Gasteiger charge is 2.18. The molecule has 1 N–H and O–H groups in total. The summed E-state index contributed by atoms with van der Waals surface area (Å²) in [5.41, 5.74) is 2.23. The molecule has 140 valence electrons. The van der Waals surface area contributed by atoms with E-state index in [1.165, 1.54) is 0 Å². The van der Waals surface area contributed by atoms with Gasteiger partial charge in [-0.1, -0.05) is 24.3 Å². The van der Waals surface area contributed by atoms with Crippen molar-refractivity contribution in [2.45, 2.75) is 0 Å². The topological polar surface area (TPSA) is 59.4 Å². The van der Waals surface area contributed by atoms with Crippen molar-refractivity contribution in [1.82, 2.24) is 20.0 Å². The van der Waals surface area contributed by atoms with Crippen LogP contribution < -0.4 is 5.32 Å². The monoisotopic (exact) mass is 382 g/mol. The van der Waals surface area contributed by atoms with Crippen LogP contribution in [0.2, 0.25) is 0 Å². The third-order valence-electron chi connectivity index (χ3n) is 4.53. The predicted octanol–water partition coefficient (Wildman–Crippen LogP) is 2.66. The van der Waals surface area contributed by atoms with E-state index < -0.39 is 0 Å². The summed E-state index contributed by atoms with van der Waals surface area (Å²) >= 11 is 1.62. The van der Waals surface area contributed by atoms with Crippen LogP contribution in [0.4, 0.5) is 0 Å². The van der Waals surface area contributed by atoms with Gasteiger partial charge in [-0.05, 0) is 29.6 Å². The van der Waals surface area contributed by atoms with Gasteiger partial charge in [-0.2, -0.15) is 5.10 Å². The van der Waals surface area contributed by atoms with Crippen LogP contribution in [0.1, 0.15) is 10.5 Å². The van der Waals surface area contributed by atoms with Crippen molar-refractivity contribution in [3.05, 3.63) is 59.6 Å². The fraction of sp³-hybridized carbons (Fsp3) is 0.300. The van der Waals surface area contributed by atoms with Crippen molar-refractivity contribution in [2.24, 2.45) is 0 Å². The molecule has 0 spiro atoms. The molecule has 1 fully saturated rings.